The Labute approximate surface area is 120 Å². The molecule has 0 bridgehead atoms. The van der Waals surface area contributed by atoms with E-state index in [1.165, 1.54) is 12.1 Å². The normalized spacial score (nSPS) is 16.6. The minimum atomic E-state index is -4.42. The summed E-state index contributed by atoms with van der Waals surface area (Å²) in [6, 6.07) is 4.71. The largest absolute Gasteiger partial charge is 0.508 e. The lowest BCUT2D eigenvalue weighted by molar-refractivity contribution is -0.163. The summed E-state index contributed by atoms with van der Waals surface area (Å²) >= 11 is 0. The third-order valence-corrected chi connectivity index (χ3v) is 3.33. The van der Waals surface area contributed by atoms with Crippen LogP contribution in [0.4, 0.5) is 13.2 Å². The number of nitrogens with two attached hydrogens (primary N) is 1. The van der Waals surface area contributed by atoms with Crippen LogP contribution >= 0.6 is 0 Å². The zero-order valence-electron chi connectivity index (χ0n) is 11.3. The van der Waals surface area contributed by atoms with E-state index in [1.807, 2.05) is 0 Å². The third-order valence-electron chi connectivity index (χ3n) is 3.33. The molecule has 3 N–H and O–H groups in total. The van der Waals surface area contributed by atoms with E-state index in [9.17, 15) is 18.0 Å². The van der Waals surface area contributed by atoms with Gasteiger partial charge in [-0.2, -0.15) is 13.2 Å². The van der Waals surface area contributed by atoms with Gasteiger partial charge in [-0.1, -0.05) is 12.1 Å². The van der Waals surface area contributed by atoms with Gasteiger partial charge in [0.1, 0.15) is 12.3 Å². The number of amides is 1. The van der Waals surface area contributed by atoms with Crippen molar-refractivity contribution in [2.75, 3.05) is 6.54 Å². The molecule has 0 radical (unpaired) electrons. The second-order valence-electron chi connectivity index (χ2n) is 5.29. The molecule has 1 aliphatic rings. The van der Waals surface area contributed by atoms with Crippen LogP contribution in [0.2, 0.25) is 0 Å². The van der Waals surface area contributed by atoms with Gasteiger partial charge in [0.25, 0.3) is 0 Å². The van der Waals surface area contributed by atoms with Crippen LogP contribution in [0.5, 0.6) is 5.75 Å². The fourth-order valence-corrected chi connectivity index (χ4v) is 2.15. The van der Waals surface area contributed by atoms with Crippen molar-refractivity contribution in [3.63, 3.8) is 0 Å². The zero-order valence-corrected chi connectivity index (χ0v) is 11.3. The minimum absolute atomic E-state index is 0.0790. The first-order valence-electron chi connectivity index (χ1n) is 6.67. The molecular weight excluding hydrogens is 285 g/mol. The Balaban J connectivity index is 2.00. The molecule has 1 aliphatic carbocycles. The van der Waals surface area contributed by atoms with Gasteiger partial charge in [-0.3, -0.25) is 4.79 Å². The second-order valence-corrected chi connectivity index (χ2v) is 5.29. The SMILES string of the molecule is N[C@@H](Cc1ccc(O)cc1)C(=O)N(CC(F)(F)F)C1CC1. The number of hydrogen-bond acceptors (Lipinski definition) is 3. The topological polar surface area (TPSA) is 66.6 Å². The monoisotopic (exact) mass is 302 g/mol. The maximum Gasteiger partial charge on any atom is 0.406 e. The number of phenols is 1. The van der Waals surface area contributed by atoms with Gasteiger partial charge in [-0.25, -0.2) is 0 Å². The van der Waals surface area contributed by atoms with Crippen molar-refractivity contribution in [3.8, 4) is 5.75 Å². The molecule has 0 aliphatic heterocycles. The van der Waals surface area contributed by atoms with Crippen LogP contribution in [0.3, 0.4) is 0 Å². The Kier molecular flexibility index (Phi) is 4.41. The summed E-state index contributed by atoms with van der Waals surface area (Å²) in [5, 5.41) is 9.17. The second kappa shape index (κ2) is 5.93. The maximum atomic E-state index is 12.5. The van der Waals surface area contributed by atoms with Crippen LogP contribution in [0, 0.1) is 0 Å². The van der Waals surface area contributed by atoms with Crippen molar-refractivity contribution in [2.45, 2.75) is 37.5 Å². The minimum Gasteiger partial charge on any atom is -0.508 e. The third kappa shape index (κ3) is 4.63. The average molecular weight is 302 g/mol. The van der Waals surface area contributed by atoms with Crippen molar-refractivity contribution in [2.24, 2.45) is 5.73 Å². The Morgan fingerprint density at radius 3 is 2.38 bits per heavy atom. The number of hydrogen-bond donors (Lipinski definition) is 2. The first-order chi connectivity index (χ1) is 9.76. The number of phenolic OH excluding ortho intramolecular Hbond substituents is 1. The van der Waals surface area contributed by atoms with Gasteiger partial charge in [0.05, 0.1) is 6.04 Å². The Morgan fingerprint density at radius 2 is 1.90 bits per heavy atom. The van der Waals surface area contributed by atoms with E-state index in [0.717, 1.165) is 4.90 Å². The number of alkyl halides is 3. The first-order valence-corrected chi connectivity index (χ1v) is 6.67. The molecule has 1 amide bonds. The predicted molar refractivity (Wildman–Crippen MR) is 70.6 cm³/mol. The molecule has 4 nitrogen and oxygen atoms in total. The quantitative estimate of drug-likeness (QED) is 0.872. The Morgan fingerprint density at radius 1 is 1.33 bits per heavy atom. The highest BCUT2D eigenvalue weighted by Gasteiger charge is 2.41. The van der Waals surface area contributed by atoms with Crippen molar-refractivity contribution >= 4 is 5.91 Å². The molecule has 0 unspecified atom stereocenters. The van der Waals surface area contributed by atoms with Crippen LogP contribution in [0.1, 0.15) is 18.4 Å². The summed E-state index contributed by atoms with van der Waals surface area (Å²) in [7, 11) is 0. The lowest BCUT2D eigenvalue weighted by Crippen LogP contribution is -2.49. The number of benzene rings is 1. The van der Waals surface area contributed by atoms with Crippen molar-refractivity contribution in [1.29, 1.82) is 0 Å². The number of rotatable bonds is 5. The van der Waals surface area contributed by atoms with E-state index in [2.05, 4.69) is 0 Å². The summed E-state index contributed by atoms with van der Waals surface area (Å²) < 4.78 is 37.6. The number of nitrogens with zero attached hydrogens (tertiary/aromatic N) is 1. The van der Waals surface area contributed by atoms with E-state index in [0.29, 0.717) is 18.4 Å². The van der Waals surface area contributed by atoms with E-state index >= 15 is 0 Å². The lowest BCUT2D eigenvalue weighted by atomic mass is 10.1. The zero-order chi connectivity index (χ0) is 15.6. The molecule has 7 heteroatoms. The molecule has 0 aromatic heterocycles. The lowest BCUT2D eigenvalue weighted by Gasteiger charge is -2.26. The molecule has 0 heterocycles. The highest BCUT2D eigenvalue weighted by molar-refractivity contribution is 5.82. The van der Waals surface area contributed by atoms with Gasteiger partial charge in [-0.05, 0) is 37.0 Å². The summed E-state index contributed by atoms with van der Waals surface area (Å²) in [5.41, 5.74) is 6.44. The van der Waals surface area contributed by atoms with Crippen molar-refractivity contribution in [3.05, 3.63) is 29.8 Å². The summed E-state index contributed by atoms with van der Waals surface area (Å²) in [5.74, 6) is -0.599. The maximum absolute atomic E-state index is 12.5. The fourth-order valence-electron chi connectivity index (χ4n) is 2.15. The van der Waals surface area contributed by atoms with Crippen LogP contribution in [0.15, 0.2) is 24.3 Å². The van der Waals surface area contributed by atoms with Crippen LogP contribution in [-0.4, -0.2) is 40.7 Å². The molecule has 1 saturated carbocycles. The Bertz CT molecular complexity index is 498. The Hall–Kier alpha value is -1.76. The molecule has 116 valence electrons. The summed E-state index contributed by atoms with van der Waals surface area (Å²) in [6.45, 7) is -1.25. The van der Waals surface area contributed by atoms with Crippen LogP contribution in [-0.2, 0) is 11.2 Å². The van der Waals surface area contributed by atoms with E-state index in [4.69, 9.17) is 10.8 Å². The highest BCUT2D eigenvalue weighted by Crippen LogP contribution is 2.30. The van der Waals surface area contributed by atoms with Gasteiger partial charge in [0, 0.05) is 6.04 Å². The van der Waals surface area contributed by atoms with Crippen molar-refractivity contribution in [1.82, 2.24) is 4.90 Å². The standard InChI is InChI=1S/C14H17F3N2O2/c15-14(16,17)8-19(10-3-4-10)13(21)12(18)7-9-1-5-11(20)6-2-9/h1-2,5-6,10,12,20H,3-4,7-8,18H2/t12-/m0/s1. The molecule has 1 aromatic rings. The van der Waals surface area contributed by atoms with E-state index < -0.39 is 24.7 Å². The van der Waals surface area contributed by atoms with Gasteiger partial charge in [-0.15, -0.1) is 0 Å². The van der Waals surface area contributed by atoms with Gasteiger partial charge in [0.15, 0.2) is 0 Å². The van der Waals surface area contributed by atoms with Crippen LogP contribution in [0.25, 0.3) is 0 Å². The molecular formula is C14H17F3N2O2. The first kappa shape index (κ1) is 15.6. The molecule has 1 fully saturated rings. The molecule has 1 aromatic carbocycles. The molecule has 0 saturated heterocycles. The molecule has 21 heavy (non-hydrogen) atoms. The highest BCUT2D eigenvalue weighted by atomic mass is 19.4. The summed E-state index contributed by atoms with van der Waals surface area (Å²) in [4.78, 5) is 13.0. The predicted octanol–water partition coefficient (Wildman–Crippen LogP) is 1.82. The number of carbonyl (C=O) groups is 1. The van der Waals surface area contributed by atoms with Gasteiger partial charge < -0.3 is 15.7 Å². The smallest absolute Gasteiger partial charge is 0.406 e. The molecule has 1 atom stereocenters. The van der Waals surface area contributed by atoms with E-state index in [1.54, 1.807) is 12.1 Å². The number of aromatic hydroxyl groups is 1. The van der Waals surface area contributed by atoms with Gasteiger partial charge >= 0.3 is 6.18 Å². The van der Waals surface area contributed by atoms with Gasteiger partial charge in [0.2, 0.25) is 5.91 Å². The van der Waals surface area contributed by atoms with Crippen LogP contribution < -0.4 is 5.73 Å². The van der Waals surface area contributed by atoms with E-state index in [-0.39, 0.29) is 18.2 Å². The molecule has 2 rings (SSSR count). The number of carbonyl (C=O) groups excluding carboxylic acids is 1. The fraction of sp³-hybridized carbons (Fsp3) is 0.500. The summed E-state index contributed by atoms with van der Waals surface area (Å²) in [6.07, 6.45) is -3.10. The molecule has 0 spiro atoms. The number of halogens is 3. The average Bonchev–Trinajstić information content (AvgIpc) is 3.21. The van der Waals surface area contributed by atoms with Crippen molar-refractivity contribution < 1.29 is 23.1 Å².